The Bertz CT molecular complexity index is 762. The molecule has 136 valence electrons. The van der Waals surface area contributed by atoms with Crippen LogP contribution in [-0.2, 0) is 4.74 Å². The van der Waals surface area contributed by atoms with Gasteiger partial charge in [0.2, 0.25) is 0 Å². The van der Waals surface area contributed by atoms with Crippen molar-refractivity contribution < 1.29 is 20.1 Å². The molecule has 1 fully saturated rings. The van der Waals surface area contributed by atoms with E-state index in [0.717, 1.165) is 19.3 Å². The number of fused-ring (bicyclic) bond motifs is 1. The van der Waals surface area contributed by atoms with Gasteiger partial charge in [-0.3, -0.25) is 4.57 Å². The Hall–Kier alpha value is -2.07. The van der Waals surface area contributed by atoms with Crippen LogP contribution in [-0.4, -0.2) is 59.8 Å². The molecule has 0 saturated carbocycles. The molecule has 25 heavy (non-hydrogen) atoms. The van der Waals surface area contributed by atoms with Gasteiger partial charge in [-0.1, -0.05) is 25.8 Å². The summed E-state index contributed by atoms with van der Waals surface area (Å²) in [5.74, 6) is 0.667. The molecule has 1 aliphatic rings. The molecule has 3 heterocycles. The van der Waals surface area contributed by atoms with E-state index in [1.165, 1.54) is 10.9 Å². The van der Waals surface area contributed by atoms with Crippen molar-refractivity contribution in [2.24, 2.45) is 0 Å². The third-order valence-corrected chi connectivity index (χ3v) is 4.25. The molecule has 9 heteroatoms. The number of aliphatic hydroxyl groups is 3. The molecule has 0 aromatic carbocycles. The number of hydrogen-bond acceptors (Lipinski definition) is 8. The van der Waals surface area contributed by atoms with E-state index in [1.54, 1.807) is 6.08 Å². The zero-order valence-corrected chi connectivity index (χ0v) is 14.0. The predicted molar refractivity (Wildman–Crippen MR) is 91.3 cm³/mol. The summed E-state index contributed by atoms with van der Waals surface area (Å²) in [5, 5.41) is 29.4. The zero-order chi connectivity index (χ0) is 18.0. The molecular weight excluding hydrogens is 326 g/mol. The average molecular weight is 349 g/mol. The summed E-state index contributed by atoms with van der Waals surface area (Å²) in [6.45, 7) is 1.72. The lowest BCUT2D eigenvalue weighted by Crippen LogP contribution is -2.33. The van der Waals surface area contributed by atoms with Gasteiger partial charge in [0.15, 0.2) is 23.5 Å². The van der Waals surface area contributed by atoms with Crippen molar-refractivity contribution in [1.29, 1.82) is 0 Å². The second-order valence-corrected chi connectivity index (χ2v) is 6.06. The van der Waals surface area contributed by atoms with Gasteiger partial charge in [-0.25, -0.2) is 15.0 Å². The van der Waals surface area contributed by atoms with Crippen LogP contribution in [0.15, 0.2) is 12.4 Å². The predicted octanol–water partition coefficient (Wildman–Crippen LogP) is 0.223. The number of nitrogens with two attached hydrogens (primary N) is 1. The van der Waals surface area contributed by atoms with Gasteiger partial charge in [0, 0.05) is 0 Å². The fourth-order valence-corrected chi connectivity index (χ4v) is 2.84. The number of anilines is 1. The van der Waals surface area contributed by atoms with Crippen molar-refractivity contribution in [1.82, 2.24) is 19.5 Å². The minimum Gasteiger partial charge on any atom is -0.394 e. The minimum atomic E-state index is -1.21. The number of aromatic nitrogens is 4. The zero-order valence-electron chi connectivity index (χ0n) is 14.0. The van der Waals surface area contributed by atoms with E-state index in [1.807, 2.05) is 6.08 Å². The van der Waals surface area contributed by atoms with Gasteiger partial charge in [-0.05, 0) is 12.5 Å². The van der Waals surface area contributed by atoms with Gasteiger partial charge in [-0.15, -0.1) is 0 Å². The van der Waals surface area contributed by atoms with Crippen LogP contribution in [0.4, 0.5) is 5.82 Å². The fourth-order valence-electron chi connectivity index (χ4n) is 2.84. The Morgan fingerprint density at radius 3 is 2.80 bits per heavy atom. The number of unbranched alkanes of at least 4 members (excludes halogenated alkanes) is 2. The lowest BCUT2D eigenvalue weighted by Gasteiger charge is -2.16. The molecule has 0 bridgehead atoms. The van der Waals surface area contributed by atoms with E-state index in [-0.39, 0.29) is 5.82 Å². The number of nitrogen functional groups attached to an aromatic ring is 1. The maximum Gasteiger partial charge on any atom is 0.168 e. The summed E-state index contributed by atoms with van der Waals surface area (Å²) in [4.78, 5) is 12.8. The highest BCUT2D eigenvalue weighted by atomic mass is 16.6. The summed E-state index contributed by atoms with van der Waals surface area (Å²) in [6, 6.07) is 0. The first kappa shape index (κ1) is 17.7. The standard InChI is InChI=1S/C16H23N5O4/c1-2-3-4-5-6-10-19-14(17)11-15(20-10)21(8-18-11)16-13(24)12(23)9(7-22)25-16/h5-6,8-9,12-13,16,22-24H,2-4,7H2,1H3,(H2,17,19,20)/b6-5+/t9-,12-,13-,16-/m1/s1. The van der Waals surface area contributed by atoms with Crippen molar-refractivity contribution in [3.05, 3.63) is 18.2 Å². The lowest BCUT2D eigenvalue weighted by molar-refractivity contribution is -0.0511. The van der Waals surface area contributed by atoms with Crippen molar-refractivity contribution in [3.8, 4) is 0 Å². The van der Waals surface area contributed by atoms with Crippen LogP contribution in [0.25, 0.3) is 17.2 Å². The summed E-state index contributed by atoms with van der Waals surface area (Å²) in [6.07, 6.45) is 4.12. The number of rotatable bonds is 6. The van der Waals surface area contributed by atoms with Crippen LogP contribution in [0.2, 0.25) is 0 Å². The number of aliphatic hydroxyl groups excluding tert-OH is 3. The molecule has 9 nitrogen and oxygen atoms in total. The van der Waals surface area contributed by atoms with Crippen LogP contribution >= 0.6 is 0 Å². The highest BCUT2D eigenvalue weighted by Gasteiger charge is 2.44. The monoisotopic (exact) mass is 349 g/mol. The maximum atomic E-state index is 10.2. The fraction of sp³-hybridized carbons (Fsp3) is 0.562. The summed E-state index contributed by atoms with van der Waals surface area (Å²) in [7, 11) is 0. The highest BCUT2D eigenvalue weighted by Crippen LogP contribution is 2.32. The number of imidazole rings is 1. The molecular formula is C16H23N5O4. The molecule has 1 aliphatic heterocycles. The van der Waals surface area contributed by atoms with Crippen LogP contribution in [0.3, 0.4) is 0 Å². The smallest absolute Gasteiger partial charge is 0.168 e. The average Bonchev–Trinajstić information content (AvgIpc) is 3.14. The number of hydrogen-bond donors (Lipinski definition) is 4. The van der Waals surface area contributed by atoms with Crippen molar-refractivity contribution in [2.45, 2.75) is 50.7 Å². The van der Waals surface area contributed by atoms with Gasteiger partial charge in [0.1, 0.15) is 23.8 Å². The molecule has 0 unspecified atom stereocenters. The van der Waals surface area contributed by atoms with Gasteiger partial charge in [-0.2, -0.15) is 0 Å². The molecule has 2 aromatic rings. The van der Waals surface area contributed by atoms with Crippen LogP contribution in [0.1, 0.15) is 38.2 Å². The molecule has 1 saturated heterocycles. The highest BCUT2D eigenvalue weighted by molar-refractivity contribution is 5.82. The summed E-state index contributed by atoms with van der Waals surface area (Å²) < 4.78 is 7.03. The van der Waals surface area contributed by atoms with Gasteiger partial charge >= 0.3 is 0 Å². The first-order valence-corrected chi connectivity index (χ1v) is 8.35. The van der Waals surface area contributed by atoms with Crippen LogP contribution in [0, 0.1) is 0 Å². The topological polar surface area (TPSA) is 140 Å². The summed E-state index contributed by atoms with van der Waals surface area (Å²) in [5.41, 5.74) is 6.75. The van der Waals surface area contributed by atoms with Crippen LogP contribution < -0.4 is 5.73 Å². The van der Waals surface area contributed by atoms with Gasteiger partial charge in [0.25, 0.3) is 0 Å². The second-order valence-electron chi connectivity index (χ2n) is 6.06. The first-order chi connectivity index (χ1) is 12.1. The molecule has 3 rings (SSSR count). The number of allylic oxidation sites excluding steroid dienone is 1. The molecule has 2 aromatic heterocycles. The Balaban J connectivity index is 1.94. The van der Waals surface area contributed by atoms with E-state index in [2.05, 4.69) is 21.9 Å². The van der Waals surface area contributed by atoms with E-state index in [9.17, 15) is 15.3 Å². The van der Waals surface area contributed by atoms with E-state index < -0.39 is 31.1 Å². The second kappa shape index (κ2) is 7.44. The Labute approximate surface area is 144 Å². The van der Waals surface area contributed by atoms with Crippen LogP contribution in [0.5, 0.6) is 0 Å². The molecule has 0 amide bonds. The molecule has 4 atom stereocenters. The Kier molecular flexibility index (Phi) is 5.28. The lowest BCUT2D eigenvalue weighted by atomic mass is 10.1. The van der Waals surface area contributed by atoms with E-state index in [4.69, 9.17) is 10.5 Å². The molecule has 0 aliphatic carbocycles. The third kappa shape index (κ3) is 3.36. The molecule has 0 spiro atoms. The number of nitrogens with zero attached hydrogens (tertiary/aromatic N) is 4. The van der Waals surface area contributed by atoms with Gasteiger partial charge < -0.3 is 25.8 Å². The van der Waals surface area contributed by atoms with Crippen molar-refractivity contribution >= 4 is 23.1 Å². The maximum absolute atomic E-state index is 10.2. The minimum absolute atomic E-state index is 0.227. The SMILES string of the molecule is CCCC/C=C/c1nc(N)c2ncn([C@@H]3O[C@H](CO)[C@@H](O)[C@H]3O)c2n1. The van der Waals surface area contributed by atoms with Crippen molar-refractivity contribution in [3.63, 3.8) is 0 Å². The first-order valence-electron chi connectivity index (χ1n) is 8.35. The molecule has 0 radical (unpaired) electrons. The Morgan fingerprint density at radius 1 is 1.32 bits per heavy atom. The normalized spacial score (nSPS) is 26.9. The Morgan fingerprint density at radius 2 is 2.12 bits per heavy atom. The van der Waals surface area contributed by atoms with Crippen molar-refractivity contribution in [2.75, 3.05) is 12.3 Å². The largest absolute Gasteiger partial charge is 0.394 e. The summed E-state index contributed by atoms with van der Waals surface area (Å²) >= 11 is 0. The number of ether oxygens (including phenoxy) is 1. The van der Waals surface area contributed by atoms with E-state index >= 15 is 0 Å². The van der Waals surface area contributed by atoms with Gasteiger partial charge in [0.05, 0.1) is 12.9 Å². The quantitative estimate of drug-likeness (QED) is 0.543. The van der Waals surface area contributed by atoms with E-state index in [0.29, 0.717) is 17.0 Å². The third-order valence-electron chi connectivity index (χ3n) is 4.25. The molecule has 5 N–H and O–H groups in total.